The van der Waals surface area contributed by atoms with Crippen molar-refractivity contribution in [3.05, 3.63) is 63.5 Å². The molecule has 0 N–H and O–H groups in total. The van der Waals surface area contributed by atoms with Gasteiger partial charge in [0.25, 0.3) is 5.91 Å². The zero-order valence-corrected chi connectivity index (χ0v) is 18.7. The van der Waals surface area contributed by atoms with Gasteiger partial charge >= 0.3 is 5.97 Å². The summed E-state index contributed by atoms with van der Waals surface area (Å²) < 4.78 is 8.05. The van der Waals surface area contributed by atoms with E-state index < -0.39 is 0 Å². The molecular weight excluding hydrogens is 404 g/mol. The molecule has 0 saturated heterocycles. The van der Waals surface area contributed by atoms with Crippen molar-refractivity contribution in [3.8, 4) is 0 Å². The van der Waals surface area contributed by atoms with Crippen LogP contribution in [0, 0.1) is 13.8 Å². The molecule has 0 aliphatic heterocycles. The Morgan fingerprint density at radius 2 is 1.86 bits per heavy atom. The van der Waals surface area contributed by atoms with Crippen LogP contribution >= 0.6 is 23.1 Å². The maximum Gasteiger partial charge on any atom is 0.338 e. The first-order valence-electron chi connectivity index (χ1n) is 9.40. The number of benzene rings is 2. The summed E-state index contributed by atoms with van der Waals surface area (Å²) in [6.07, 6.45) is 2.05. The molecule has 2 aromatic carbocycles. The van der Waals surface area contributed by atoms with Crippen LogP contribution in [0.3, 0.4) is 0 Å². The number of hydrogen-bond donors (Lipinski definition) is 0. The molecule has 0 unspecified atom stereocenters. The van der Waals surface area contributed by atoms with Crippen molar-refractivity contribution < 1.29 is 14.3 Å². The van der Waals surface area contributed by atoms with E-state index in [9.17, 15) is 9.59 Å². The summed E-state index contributed by atoms with van der Waals surface area (Å²) in [6, 6.07) is 11.1. The summed E-state index contributed by atoms with van der Waals surface area (Å²) in [4.78, 5) is 29.9. The lowest BCUT2D eigenvalue weighted by atomic mass is 10.1. The van der Waals surface area contributed by atoms with Gasteiger partial charge in [0.2, 0.25) is 0 Å². The standard InChI is InChI=1S/C22H24N2O3S2/c1-5-27-21(26)17-8-9-18-19(13-17)29-22(24(18)10-11-28-4)23-20(25)16-7-6-14(2)15(3)12-16/h6-9,12-13H,5,10-11H2,1-4H3. The van der Waals surface area contributed by atoms with Crippen molar-refractivity contribution in [2.75, 3.05) is 18.6 Å². The first-order chi connectivity index (χ1) is 13.9. The molecule has 0 spiro atoms. The molecule has 1 heterocycles. The number of thioether (sulfide) groups is 1. The summed E-state index contributed by atoms with van der Waals surface area (Å²) in [5, 5.41) is 0. The van der Waals surface area contributed by atoms with Crippen LogP contribution in [0.4, 0.5) is 0 Å². The Kier molecular flexibility index (Phi) is 6.92. The van der Waals surface area contributed by atoms with Crippen LogP contribution in [0.2, 0.25) is 0 Å². The quantitative estimate of drug-likeness (QED) is 0.538. The van der Waals surface area contributed by atoms with Gasteiger partial charge in [0, 0.05) is 17.9 Å². The fourth-order valence-corrected chi connectivity index (χ4v) is 4.38. The number of esters is 1. The van der Waals surface area contributed by atoms with E-state index in [0.29, 0.717) is 22.5 Å². The predicted molar refractivity (Wildman–Crippen MR) is 120 cm³/mol. The normalized spacial score (nSPS) is 11.8. The summed E-state index contributed by atoms with van der Waals surface area (Å²) in [5.74, 6) is 0.294. The van der Waals surface area contributed by atoms with Crippen LogP contribution in [0.1, 0.15) is 38.8 Å². The van der Waals surface area contributed by atoms with E-state index in [1.165, 1.54) is 11.3 Å². The van der Waals surface area contributed by atoms with Crippen molar-refractivity contribution in [2.45, 2.75) is 27.3 Å². The Hall–Kier alpha value is -2.38. The number of aryl methyl sites for hydroxylation is 3. The minimum atomic E-state index is -0.344. The van der Waals surface area contributed by atoms with Gasteiger partial charge in [-0.25, -0.2) is 4.79 Å². The summed E-state index contributed by atoms with van der Waals surface area (Å²) in [7, 11) is 0. The molecule has 0 aliphatic carbocycles. The molecule has 1 aromatic heterocycles. The van der Waals surface area contributed by atoms with Gasteiger partial charge in [-0.15, -0.1) is 0 Å². The van der Waals surface area contributed by atoms with Gasteiger partial charge in [0.05, 0.1) is 22.4 Å². The Balaban J connectivity index is 2.08. The summed E-state index contributed by atoms with van der Waals surface area (Å²) in [5.41, 5.74) is 4.25. The van der Waals surface area contributed by atoms with Crippen molar-refractivity contribution in [1.29, 1.82) is 0 Å². The summed E-state index contributed by atoms with van der Waals surface area (Å²) >= 11 is 3.15. The molecule has 1 amide bonds. The van der Waals surface area contributed by atoms with E-state index in [1.54, 1.807) is 24.8 Å². The Bertz CT molecular complexity index is 1130. The smallest absolute Gasteiger partial charge is 0.338 e. The van der Waals surface area contributed by atoms with Crippen molar-refractivity contribution in [2.24, 2.45) is 4.99 Å². The minimum Gasteiger partial charge on any atom is -0.462 e. The van der Waals surface area contributed by atoms with Gasteiger partial charge in [-0.2, -0.15) is 16.8 Å². The molecular formula is C22H24N2O3S2. The van der Waals surface area contributed by atoms with Gasteiger partial charge in [-0.05, 0) is 68.5 Å². The number of carbonyl (C=O) groups excluding carboxylic acids is 2. The number of rotatable bonds is 6. The molecule has 0 aliphatic rings. The van der Waals surface area contributed by atoms with E-state index >= 15 is 0 Å². The topological polar surface area (TPSA) is 60.7 Å². The Morgan fingerprint density at radius 3 is 2.55 bits per heavy atom. The Morgan fingerprint density at radius 1 is 1.10 bits per heavy atom. The molecule has 3 aromatic rings. The van der Waals surface area contributed by atoms with Crippen LogP contribution in [-0.2, 0) is 11.3 Å². The van der Waals surface area contributed by atoms with Gasteiger partial charge < -0.3 is 9.30 Å². The fraction of sp³-hybridized carbons (Fsp3) is 0.318. The second-order valence-corrected chi connectivity index (χ2v) is 8.64. The minimum absolute atomic E-state index is 0.261. The third kappa shape index (κ3) is 4.79. The maximum absolute atomic E-state index is 12.8. The number of nitrogens with zero attached hydrogens (tertiary/aromatic N) is 2. The molecule has 7 heteroatoms. The van der Waals surface area contributed by atoms with Gasteiger partial charge in [0.1, 0.15) is 0 Å². The van der Waals surface area contributed by atoms with Gasteiger partial charge in [0.15, 0.2) is 4.80 Å². The lowest BCUT2D eigenvalue weighted by molar-refractivity contribution is 0.0526. The molecule has 29 heavy (non-hydrogen) atoms. The molecule has 5 nitrogen and oxygen atoms in total. The highest BCUT2D eigenvalue weighted by molar-refractivity contribution is 7.98. The van der Waals surface area contributed by atoms with E-state index in [0.717, 1.165) is 33.6 Å². The SMILES string of the molecule is CCOC(=O)c1ccc2c(c1)sc(=NC(=O)c1ccc(C)c(C)c1)n2CCSC. The van der Waals surface area contributed by atoms with Gasteiger partial charge in [-0.1, -0.05) is 17.4 Å². The highest BCUT2D eigenvalue weighted by Crippen LogP contribution is 2.21. The highest BCUT2D eigenvalue weighted by atomic mass is 32.2. The van der Waals surface area contributed by atoms with E-state index in [2.05, 4.69) is 4.99 Å². The second-order valence-electron chi connectivity index (χ2n) is 6.65. The average Bonchev–Trinajstić information content (AvgIpc) is 3.04. The zero-order chi connectivity index (χ0) is 21.0. The average molecular weight is 429 g/mol. The largest absolute Gasteiger partial charge is 0.462 e. The third-order valence-corrected chi connectivity index (χ3v) is 6.30. The molecule has 0 saturated carbocycles. The highest BCUT2D eigenvalue weighted by Gasteiger charge is 2.13. The number of fused-ring (bicyclic) bond motifs is 1. The van der Waals surface area contributed by atoms with Crippen molar-refractivity contribution in [3.63, 3.8) is 0 Å². The Labute approximate surface area is 178 Å². The van der Waals surface area contributed by atoms with Crippen LogP contribution in [0.15, 0.2) is 41.4 Å². The predicted octanol–water partition coefficient (Wildman–Crippen LogP) is 4.60. The number of hydrogen-bond acceptors (Lipinski definition) is 5. The number of ether oxygens (including phenoxy) is 1. The molecule has 0 radical (unpaired) electrons. The molecule has 3 rings (SSSR count). The maximum atomic E-state index is 12.8. The first kappa shape index (κ1) is 21.3. The molecule has 0 atom stereocenters. The lowest BCUT2D eigenvalue weighted by Gasteiger charge is -2.05. The van der Waals surface area contributed by atoms with Crippen LogP contribution in [0.5, 0.6) is 0 Å². The van der Waals surface area contributed by atoms with E-state index in [-0.39, 0.29) is 11.9 Å². The third-order valence-electron chi connectivity index (χ3n) is 4.66. The fourth-order valence-electron chi connectivity index (χ4n) is 2.92. The van der Waals surface area contributed by atoms with Crippen LogP contribution < -0.4 is 4.80 Å². The van der Waals surface area contributed by atoms with Gasteiger partial charge in [-0.3, -0.25) is 4.79 Å². The van der Waals surface area contributed by atoms with Crippen LogP contribution in [-0.4, -0.2) is 35.1 Å². The summed E-state index contributed by atoms with van der Waals surface area (Å²) in [6.45, 7) is 6.86. The van der Waals surface area contributed by atoms with E-state index in [4.69, 9.17) is 4.74 Å². The van der Waals surface area contributed by atoms with Crippen molar-refractivity contribution in [1.82, 2.24) is 4.57 Å². The van der Waals surface area contributed by atoms with Crippen molar-refractivity contribution >= 4 is 45.2 Å². The monoisotopic (exact) mass is 428 g/mol. The second kappa shape index (κ2) is 9.41. The lowest BCUT2D eigenvalue weighted by Crippen LogP contribution is -2.18. The number of amides is 1. The van der Waals surface area contributed by atoms with E-state index in [1.807, 2.05) is 55.0 Å². The molecule has 0 fully saturated rings. The number of thiazole rings is 1. The zero-order valence-electron chi connectivity index (χ0n) is 17.0. The first-order valence-corrected chi connectivity index (χ1v) is 11.6. The molecule has 152 valence electrons. The number of carbonyl (C=O) groups is 2. The number of aromatic nitrogens is 1. The van der Waals surface area contributed by atoms with Crippen LogP contribution in [0.25, 0.3) is 10.2 Å². The molecule has 0 bridgehead atoms.